The monoisotopic (exact) mass is 640 g/mol. The normalized spacial score (nSPS) is 15.5. The molecule has 0 spiro atoms. The third kappa shape index (κ3) is 6.49. The highest BCUT2D eigenvalue weighted by molar-refractivity contribution is 9.10. The average molecular weight is 642 g/mol. The Morgan fingerprint density at radius 1 is 1.02 bits per heavy atom. The van der Waals surface area contributed by atoms with E-state index in [1.54, 1.807) is 12.1 Å². The number of methoxy groups -OCH3 is 1. The van der Waals surface area contributed by atoms with Gasteiger partial charge in [0.1, 0.15) is 36.4 Å². The van der Waals surface area contributed by atoms with E-state index in [2.05, 4.69) is 26.0 Å². The zero-order valence-electron chi connectivity index (χ0n) is 21.1. The topological polar surface area (TPSA) is 106 Å². The van der Waals surface area contributed by atoms with Gasteiger partial charge in [-0.15, -0.1) is 0 Å². The number of carbonyl (C=O) groups excluding carboxylic acids is 1. The number of thioether (sulfide) groups is 1. The number of halogens is 2. The Kier molecular flexibility index (Phi) is 8.73. The van der Waals surface area contributed by atoms with Crippen molar-refractivity contribution in [2.75, 3.05) is 26.9 Å². The first kappa shape index (κ1) is 27.8. The zero-order chi connectivity index (χ0) is 28.1. The van der Waals surface area contributed by atoms with E-state index < -0.39 is 5.91 Å². The molecule has 1 amide bonds. The van der Waals surface area contributed by atoms with Crippen molar-refractivity contribution < 1.29 is 23.7 Å². The minimum atomic E-state index is -0.551. The maximum absolute atomic E-state index is 12.8. The summed E-state index contributed by atoms with van der Waals surface area (Å²) in [7, 11) is 1.49. The van der Waals surface area contributed by atoms with Gasteiger partial charge in [-0.3, -0.25) is 10.2 Å². The second-order valence-corrected chi connectivity index (χ2v) is 10.7. The summed E-state index contributed by atoms with van der Waals surface area (Å²) in [5.74, 6) is 1.48. The molecular formula is C28H22BrClN4O5S. The van der Waals surface area contributed by atoms with Gasteiger partial charge in [0.15, 0.2) is 17.3 Å². The van der Waals surface area contributed by atoms with Crippen LogP contribution in [0.4, 0.5) is 0 Å². The fourth-order valence-corrected chi connectivity index (χ4v) is 5.05. The highest BCUT2D eigenvalue weighted by atomic mass is 79.9. The Hall–Kier alpha value is -3.80. The van der Waals surface area contributed by atoms with Crippen LogP contribution >= 0.6 is 39.3 Å². The number of hydrogen-bond donors (Lipinski definition) is 1. The second kappa shape index (κ2) is 12.6. The van der Waals surface area contributed by atoms with Gasteiger partial charge in [-0.25, -0.2) is 0 Å². The molecule has 3 aromatic rings. The van der Waals surface area contributed by atoms with E-state index in [4.69, 9.17) is 36.0 Å². The van der Waals surface area contributed by atoms with E-state index in [9.17, 15) is 4.79 Å². The summed E-state index contributed by atoms with van der Waals surface area (Å²) >= 11 is 11.1. The van der Waals surface area contributed by atoms with Crippen molar-refractivity contribution in [3.63, 3.8) is 0 Å². The molecule has 0 fully saturated rings. The van der Waals surface area contributed by atoms with Gasteiger partial charge in [0.25, 0.3) is 5.91 Å². The number of amides is 1. The number of nitrogens with zero attached hydrogens (tertiary/aromatic N) is 3. The van der Waals surface area contributed by atoms with E-state index in [-0.39, 0.29) is 29.6 Å². The molecule has 0 saturated carbocycles. The van der Waals surface area contributed by atoms with Crippen molar-refractivity contribution >= 4 is 67.3 Å². The third-order valence-corrected chi connectivity index (χ3v) is 7.27. The first-order chi connectivity index (χ1) is 19.4. The second-order valence-electron chi connectivity index (χ2n) is 8.30. The molecule has 2 heterocycles. The molecule has 3 aromatic carbocycles. The molecule has 0 aromatic heterocycles. The van der Waals surface area contributed by atoms with Crippen molar-refractivity contribution in [3.05, 3.63) is 87.4 Å². The number of aliphatic imine (C=N–C) groups is 1. The van der Waals surface area contributed by atoms with Crippen LogP contribution in [0.2, 0.25) is 5.02 Å². The van der Waals surface area contributed by atoms with Gasteiger partial charge in [-0.1, -0.05) is 45.7 Å². The first-order valence-electron chi connectivity index (χ1n) is 12.0. The van der Waals surface area contributed by atoms with E-state index in [1.807, 2.05) is 54.6 Å². The Labute approximate surface area is 248 Å². The standard InChI is InChI=1S/C28H22BrClN4O5S/c1-36-23-15-17(14-22(30)25(23)38-12-11-37-20-9-7-18(29)8-10-20)13-21-26(31)34-28(32-27(21)35)40-24(33-34)16-39-19-5-3-2-4-6-19/h2-10,13-15,31H,11-12,16H2,1H3/b21-13-,31-26?. The Morgan fingerprint density at radius 3 is 2.50 bits per heavy atom. The number of carbonyl (C=O) groups is 1. The molecule has 0 atom stereocenters. The highest BCUT2D eigenvalue weighted by Crippen LogP contribution is 2.38. The van der Waals surface area contributed by atoms with Crippen LogP contribution < -0.4 is 18.9 Å². The lowest BCUT2D eigenvalue weighted by molar-refractivity contribution is -0.114. The SMILES string of the molecule is COc1cc(/C=C2/C(=N)N3N=C(COc4ccccc4)SC3=NC2=O)cc(Cl)c1OCCOc1ccc(Br)cc1. The zero-order valence-corrected chi connectivity index (χ0v) is 24.3. The summed E-state index contributed by atoms with van der Waals surface area (Å²) in [5, 5.41) is 15.5. The Balaban J connectivity index is 1.26. The number of fused-ring (bicyclic) bond motifs is 1. The molecule has 5 rings (SSSR count). The molecule has 204 valence electrons. The molecule has 0 unspecified atom stereocenters. The van der Waals surface area contributed by atoms with E-state index >= 15 is 0 Å². The predicted molar refractivity (Wildman–Crippen MR) is 160 cm³/mol. The Bertz CT molecular complexity index is 1530. The molecular weight excluding hydrogens is 620 g/mol. The minimum Gasteiger partial charge on any atom is -0.493 e. The van der Waals surface area contributed by atoms with Crippen molar-refractivity contribution in [3.8, 4) is 23.0 Å². The summed E-state index contributed by atoms with van der Waals surface area (Å²) in [6, 6.07) is 20.1. The van der Waals surface area contributed by atoms with E-state index in [0.29, 0.717) is 45.4 Å². The van der Waals surface area contributed by atoms with Gasteiger partial charge in [0.05, 0.1) is 17.7 Å². The lowest BCUT2D eigenvalue weighted by atomic mass is 10.1. The fraction of sp³-hybridized carbons (Fsp3) is 0.143. The maximum atomic E-state index is 12.8. The quantitative estimate of drug-likeness (QED) is 0.206. The van der Waals surface area contributed by atoms with Gasteiger partial charge in [-0.05, 0) is 71.9 Å². The van der Waals surface area contributed by atoms with Crippen LogP contribution in [0.25, 0.3) is 6.08 Å². The third-order valence-electron chi connectivity index (χ3n) is 5.58. The number of rotatable bonds is 10. The average Bonchev–Trinajstić information content (AvgIpc) is 3.37. The Morgan fingerprint density at radius 2 is 1.75 bits per heavy atom. The van der Waals surface area contributed by atoms with Gasteiger partial charge in [0.2, 0.25) is 5.17 Å². The van der Waals surface area contributed by atoms with Crippen molar-refractivity contribution in [2.45, 2.75) is 0 Å². The summed E-state index contributed by atoms with van der Waals surface area (Å²) in [5.41, 5.74) is 0.601. The van der Waals surface area contributed by atoms with Gasteiger partial charge in [-0.2, -0.15) is 15.1 Å². The predicted octanol–water partition coefficient (Wildman–Crippen LogP) is 6.27. The molecule has 40 heavy (non-hydrogen) atoms. The van der Waals surface area contributed by atoms with E-state index in [0.717, 1.165) is 4.47 Å². The molecule has 0 aliphatic carbocycles. The van der Waals surface area contributed by atoms with Crippen molar-refractivity contribution in [1.82, 2.24) is 5.01 Å². The first-order valence-corrected chi connectivity index (χ1v) is 14.0. The maximum Gasteiger partial charge on any atom is 0.283 e. The number of amidine groups is 2. The van der Waals surface area contributed by atoms with Gasteiger partial charge < -0.3 is 18.9 Å². The lowest BCUT2D eigenvalue weighted by Gasteiger charge is -2.20. The molecule has 12 heteroatoms. The molecule has 9 nitrogen and oxygen atoms in total. The summed E-state index contributed by atoms with van der Waals surface area (Å²) in [6.07, 6.45) is 1.53. The lowest BCUT2D eigenvalue weighted by Crippen LogP contribution is -2.35. The highest BCUT2D eigenvalue weighted by Gasteiger charge is 2.35. The van der Waals surface area contributed by atoms with Crippen LogP contribution in [0.3, 0.4) is 0 Å². The summed E-state index contributed by atoms with van der Waals surface area (Å²) < 4.78 is 23.7. The number of ether oxygens (including phenoxy) is 4. The van der Waals surface area contributed by atoms with Crippen LogP contribution in [0, 0.1) is 5.41 Å². The van der Waals surface area contributed by atoms with Crippen LogP contribution in [-0.4, -0.2) is 53.9 Å². The summed E-state index contributed by atoms with van der Waals surface area (Å²) in [4.78, 5) is 17.0. The largest absolute Gasteiger partial charge is 0.493 e. The molecule has 0 saturated heterocycles. The summed E-state index contributed by atoms with van der Waals surface area (Å²) in [6.45, 7) is 0.715. The van der Waals surface area contributed by atoms with Crippen LogP contribution in [0.5, 0.6) is 23.0 Å². The van der Waals surface area contributed by atoms with Crippen LogP contribution in [-0.2, 0) is 4.79 Å². The van der Waals surface area contributed by atoms with Crippen molar-refractivity contribution in [1.29, 1.82) is 5.41 Å². The fourth-order valence-electron chi connectivity index (χ4n) is 3.72. The van der Waals surface area contributed by atoms with Gasteiger partial charge in [0, 0.05) is 4.47 Å². The smallest absolute Gasteiger partial charge is 0.283 e. The number of hydrazone groups is 1. The van der Waals surface area contributed by atoms with Crippen molar-refractivity contribution in [2.24, 2.45) is 10.1 Å². The number of benzene rings is 3. The number of nitrogens with one attached hydrogen (secondary N) is 1. The number of para-hydroxylation sites is 1. The van der Waals surface area contributed by atoms with Crippen LogP contribution in [0.15, 0.2) is 86.9 Å². The minimum absolute atomic E-state index is 0.0630. The van der Waals surface area contributed by atoms with Gasteiger partial charge >= 0.3 is 0 Å². The molecule has 1 N–H and O–H groups in total. The van der Waals surface area contributed by atoms with Crippen LogP contribution in [0.1, 0.15) is 5.56 Å². The molecule has 0 radical (unpaired) electrons. The number of hydrogen-bond acceptors (Lipinski definition) is 8. The van der Waals surface area contributed by atoms with E-state index in [1.165, 1.54) is 30.0 Å². The molecule has 2 aliphatic heterocycles. The molecule has 2 aliphatic rings. The molecule has 0 bridgehead atoms.